The fourth-order valence-electron chi connectivity index (χ4n) is 2.33. The van der Waals surface area contributed by atoms with Crippen LogP contribution in [0.3, 0.4) is 0 Å². The van der Waals surface area contributed by atoms with Crippen LogP contribution < -0.4 is 5.73 Å². The number of aliphatic imine (C=N–C) groups is 1. The van der Waals surface area contributed by atoms with Crippen LogP contribution >= 0.6 is 11.8 Å². The van der Waals surface area contributed by atoms with Crippen LogP contribution in [-0.2, 0) is 0 Å². The number of hydrogen-bond acceptors (Lipinski definition) is 6. The van der Waals surface area contributed by atoms with E-state index < -0.39 is 4.92 Å². The number of hydrogen-bond donors (Lipinski definition) is 2. The number of phenols is 1. The van der Waals surface area contributed by atoms with Gasteiger partial charge in [0.2, 0.25) is 0 Å². The van der Waals surface area contributed by atoms with Gasteiger partial charge in [0.05, 0.1) is 15.9 Å². The quantitative estimate of drug-likeness (QED) is 0.664. The third kappa shape index (κ3) is 3.19. The van der Waals surface area contributed by atoms with E-state index in [9.17, 15) is 15.2 Å². The average Bonchev–Trinajstić information content (AvgIpc) is 2.55. The number of nitrogens with two attached hydrogens (primary N) is 1. The van der Waals surface area contributed by atoms with Crippen molar-refractivity contribution in [2.75, 3.05) is 0 Å². The Labute approximate surface area is 136 Å². The Hall–Kier alpha value is -2.80. The molecule has 2 aromatic carbocycles. The van der Waals surface area contributed by atoms with Gasteiger partial charge in [-0.05, 0) is 30.3 Å². The summed E-state index contributed by atoms with van der Waals surface area (Å²) in [5.41, 5.74) is 7.95. The highest BCUT2D eigenvalue weighted by atomic mass is 32.2. The Morgan fingerprint density at radius 3 is 2.57 bits per heavy atom. The second kappa shape index (κ2) is 6.13. The number of nitrogens with zero attached hydrogens (tertiary/aromatic N) is 2. The predicted molar refractivity (Wildman–Crippen MR) is 91.1 cm³/mol. The van der Waals surface area contributed by atoms with Gasteiger partial charge in [0, 0.05) is 17.2 Å². The zero-order valence-corrected chi connectivity index (χ0v) is 12.7. The zero-order chi connectivity index (χ0) is 16.4. The molecule has 1 aliphatic rings. The van der Waals surface area contributed by atoms with E-state index in [1.165, 1.54) is 17.8 Å². The molecule has 1 heterocycles. The monoisotopic (exact) mass is 327 g/mol. The van der Waals surface area contributed by atoms with Gasteiger partial charge < -0.3 is 10.8 Å². The number of aromatic hydroxyl groups is 1. The number of nitro benzene ring substituents is 1. The molecular formula is C16H13N3O3S. The van der Waals surface area contributed by atoms with Crippen molar-refractivity contribution in [3.63, 3.8) is 0 Å². The number of rotatable bonds is 3. The molecule has 0 aliphatic carbocycles. The minimum absolute atomic E-state index is 0.0565. The maximum absolute atomic E-state index is 11.2. The van der Waals surface area contributed by atoms with Gasteiger partial charge in [-0.2, -0.15) is 0 Å². The Balaban J connectivity index is 2.03. The first-order valence-corrected chi connectivity index (χ1v) is 7.68. The molecule has 116 valence electrons. The highest BCUT2D eigenvalue weighted by molar-refractivity contribution is 8.14. The molecule has 0 fully saturated rings. The van der Waals surface area contributed by atoms with Crippen molar-refractivity contribution in [1.82, 2.24) is 0 Å². The third-order valence-electron chi connectivity index (χ3n) is 3.39. The van der Waals surface area contributed by atoms with Crippen LogP contribution in [0.2, 0.25) is 0 Å². The summed E-state index contributed by atoms with van der Waals surface area (Å²) >= 11 is 1.27. The van der Waals surface area contributed by atoms with Crippen molar-refractivity contribution in [2.45, 2.75) is 5.25 Å². The summed E-state index contributed by atoms with van der Waals surface area (Å²) in [6, 6.07) is 13.2. The van der Waals surface area contributed by atoms with Crippen LogP contribution in [0.1, 0.15) is 16.4 Å². The van der Waals surface area contributed by atoms with Crippen LogP contribution in [-0.4, -0.2) is 15.2 Å². The summed E-state index contributed by atoms with van der Waals surface area (Å²) in [6.07, 6.45) is 1.84. The maximum Gasteiger partial charge on any atom is 0.274 e. The van der Waals surface area contributed by atoms with Crippen molar-refractivity contribution >= 4 is 28.3 Å². The second-order valence-electron chi connectivity index (χ2n) is 4.90. The number of nitro groups is 1. The number of thioether (sulfide) groups is 1. The molecule has 0 amide bonds. The zero-order valence-electron chi connectivity index (χ0n) is 11.9. The van der Waals surface area contributed by atoms with Gasteiger partial charge in [-0.3, -0.25) is 10.1 Å². The van der Waals surface area contributed by atoms with Crippen molar-refractivity contribution in [3.8, 4) is 5.75 Å². The van der Waals surface area contributed by atoms with E-state index in [-0.39, 0.29) is 16.7 Å². The van der Waals surface area contributed by atoms with Crippen molar-refractivity contribution < 1.29 is 10.0 Å². The SMILES string of the molecule is NC1=NC(c2ccc(O)cc2)=CC(c2ccccc2[N+](=O)[O-])S1. The number of para-hydroxylation sites is 1. The minimum atomic E-state index is -0.397. The summed E-state index contributed by atoms with van der Waals surface area (Å²) < 4.78 is 0. The lowest BCUT2D eigenvalue weighted by Crippen LogP contribution is -2.13. The average molecular weight is 327 g/mol. The van der Waals surface area contributed by atoms with E-state index in [2.05, 4.69) is 4.99 Å². The molecule has 6 nitrogen and oxygen atoms in total. The first-order valence-electron chi connectivity index (χ1n) is 6.80. The molecule has 1 aliphatic heterocycles. The van der Waals surface area contributed by atoms with Crippen LogP contribution in [0.5, 0.6) is 5.75 Å². The number of phenolic OH excluding ortho intramolecular Hbond substituents is 1. The summed E-state index contributed by atoms with van der Waals surface area (Å²) in [4.78, 5) is 15.1. The van der Waals surface area contributed by atoms with Gasteiger partial charge in [-0.25, -0.2) is 4.99 Å². The van der Waals surface area contributed by atoms with Crippen LogP contribution in [0.15, 0.2) is 59.6 Å². The lowest BCUT2D eigenvalue weighted by Gasteiger charge is -2.19. The number of benzene rings is 2. The Morgan fingerprint density at radius 1 is 1.17 bits per heavy atom. The molecule has 2 aromatic rings. The van der Waals surface area contributed by atoms with Gasteiger partial charge in [-0.15, -0.1) is 0 Å². The summed E-state index contributed by atoms with van der Waals surface area (Å²) in [6.45, 7) is 0. The molecule has 3 rings (SSSR count). The lowest BCUT2D eigenvalue weighted by atomic mass is 10.1. The summed E-state index contributed by atoms with van der Waals surface area (Å²) in [7, 11) is 0. The maximum atomic E-state index is 11.2. The molecule has 0 saturated carbocycles. The Kier molecular flexibility index (Phi) is 4.03. The fraction of sp³-hybridized carbons (Fsp3) is 0.0625. The van der Waals surface area contributed by atoms with E-state index in [1.807, 2.05) is 6.08 Å². The number of amidine groups is 1. The van der Waals surface area contributed by atoms with E-state index in [4.69, 9.17) is 5.73 Å². The Morgan fingerprint density at radius 2 is 1.87 bits per heavy atom. The standard InChI is InChI=1S/C16H13N3O3S/c17-16-18-13(10-5-7-11(20)8-6-10)9-15(23-16)12-3-1-2-4-14(12)19(21)22/h1-9,15,20H,(H2,17,18). The molecule has 0 spiro atoms. The molecule has 0 radical (unpaired) electrons. The molecule has 23 heavy (non-hydrogen) atoms. The van der Waals surface area contributed by atoms with E-state index >= 15 is 0 Å². The molecule has 7 heteroatoms. The first kappa shape index (κ1) is 15.1. The minimum Gasteiger partial charge on any atom is -0.508 e. The van der Waals surface area contributed by atoms with Gasteiger partial charge in [-0.1, -0.05) is 30.0 Å². The molecule has 0 bridgehead atoms. The summed E-state index contributed by atoms with van der Waals surface area (Å²) in [5, 5.41) is 20.6. The highest BCUT2D eigenvalue weighted by Gasteiger charge is 2.25. The molecule has 1 atom stereocenters. The van der Waals surface area contributed by atoms with Gasteiger partial charge in [0.1, 0.15) is 5.75 Å². The van der Waals surface area contributed by atoms with Crippen LogP contribution in [0.4, 0.5) is 5.69 Å². The second-order valence-corrected chi connectivity index (χ2v) is 6.07. The fourth-order valence-corrected chi connectivity index (χ4v) is 3.26. The van der Waals surface area contributed by atoms with Crippen LogP contribution in [0.25, 0.3) is 5.70 Å². The summed E-state index contributed by atoms with van der Waals surface area (Å²) in [5.74, 6) is 0.159. The van der Waals surface area contributed by atoms with Gasteiger partial charge >= 0.3 is 0 Å². The molecule has 3 N–H and O–H groups in total. The molecule has 1 unspecified atom stereocenters. The normalized spacial score (nSPS) is 17.3. The molecule has 0 saturated heterocycles. The lowest BCUT2D eigenvalue weighted by molar-refractivity contribution is -0.385. The third-order valence-corrected chi connectivity index (χ3v) is 4.37. The van der Waals surface area contributed by atoms with E-state index in [1.54, 1.807) is 42.5 Å². The molecule has 0 aromatic heterocycles. The van der Waals surface area contributed by atoms with Crippen molar-refractivity contribution in [3.05, 3.63) is 75.8 Å². The van der Waals surface area contributed by atoms with Crippen molar-refractivity contribution in [1.29, 1.82) is 0 Å². The Bertz CT molecular complexity index is 816. The van der Waals surface area contributed by atoms with Gasteiger partial charge in [0.15, 0.2) is 5.17 Å². The van der Waals surface area contributed by atoms with E-state index in [0.29, 0.717) is 16.4 Å². The van der Waals surface area contributed by atoms with E-state index in [0.717, 1.165) is 5.56 Å². The van der Waals surface area contributed by atoms with Crippen molar-refractivity contribution in [2.24, 2.45) is 10.7 Å². The molecular weight excluding hydrogens is 314 g/mol. The highest BCUT2D eigenvalue weighted by Crippen LogP contribution is 2.41. The predicted octanol–water partition coefficient (Wildman–Crippen LogP) is 3.44. The topological polar surface area (TPSA) is 102 Å². The largest absolute Gasteiger partial charge is 0.508 e. The van der Waals surface area contributed by atoms with Gasteiger partial charge in [0.25, 0.3) is 5.69 Å². The first-order chi connectivity index (χ1) is 11.0. The smallest absolute Gasteiger partial charge is 0.274 e. The van der Waals surface area contributed by atoms with Crippen LogP contribution in [0, 0.1) is 10.1 Å².